The number of fused-ring (bicyclic) bond motifs is 2. The van der Waals surface area contributed by atoms with E-state index in [1.54, 1.807) is 0 Å². The molecule has 2 aromatic carbocycles. The lowest BCUT2D eigenvalue weighted by atomic mass is 9.99. The Labute approximate surface area is 150 Å². The first-order valence-corrected chi connectivity index (χ1v) is 9.59. The number of likely N-dealkylation sites (tertiary alicyclic amines) is 1. The van der Waals surface area contributed by atoms with Crippen LogP contribution in [0.4, 0.5) is 0 Å². The van der Waals surface area contributed by atoms with E-state index in [9.17, 15) is 0 Å². The van der Waals surface area contributed by atoms with E-state index in [0.717, 1.165) is 42.1 Å². The van der Waals surface area contributed by atoms with Gasteiger partial charge in [-0.05, 0) is 43.7 Å². The molecule has 4 nitrogen and oxygen atoms in total. The lowest BCUT2D eigenvalue weighted by Gasteiger charge is -2.30. The van der Waals surface area contributed by atoms with E-state index in [4.69, 9.17) is 9.40 Å². The van der Waals surface area contributed by atoms with Crippen molar-refractivity contribution in [3.05, 3.63) is 59.4 Å². The normalized spacial score (nSPS) is 19.0. The second-order valence-electron chi connectivity index (χ2n) is 6.67. The molecular weight excluding hydrogens is 330 g/mol. The number of oxazole rings is 1. The maximum absolute atomic E-state index is 5.89. The zero-order valence-corrected chi connectivity index (χ0v) is 14.7. The fraction of sp³-hybridized carbons (Fsp3) is 0.300. The number of aromatic nitrogens is 2. The van der Waals surface area contributed by atoms with Gasteiger partial charge in [-0.3, -0.25) is 4.90 Å². The van der Waals surface area contributed by atoms with Gasteiger partial charge in [0.2, 0.25) is 5.89 Å². The Morgan fingerprint density at radius 3 is 2.76 bits per heavy atom. The molecular formula is C20H19N3OS. The van der Waals surface area contributed by atoms with Crippen molar-refractivity contribution in [3.8, 4) is 0 Å². The van der Waals surface area contributed by atoms with Crippen LogP contribution in [0.5, 0.6) is 0 Å². The van der Waals surface area contributed by atoms with Gasteiger partial charge < -0.3 is 4.42 Å². The molecule has 4 aromatic rings. The summed E-state index contributed by atoms with van der Waals surface area (Å²) in [5.74, 6) is 1.32. The number of thiazole rings is 1. The lowest BCUT2D eigenvalue weighted by Crippen LogP contribution is -2.33. The molecule has 1 aliphatic rings. The molecule has 25 heavy (non-hydrogen) atoms. The van der Waals surface area contributed by atoms with E-state index in [0.29, 0.717) is 5.92 Å². The summed E-state index contributed by atoms with van der Waals surface area (Å²) in [5.41, 5.74) is 2.94. The first kappa shape index (κ1) is 15.0. The Kier molecular flexibility index (Phi) is 3.76. The lowest BCUT2D eigenvalue weighted by molar-refractivity contribution is 0.185. The molecule has 5 rings (SSSR count). The zero-order valence-electron chi connectivity index (χ0n) is 13.9. The summed E-state index contributed by atoms with van der Waals surface area (Å²) in [7, 11) is 0. The van der Waals surface area contributed by atoms with Gasteiger partial charge in [0, 0.05) is 12.5 Å². The molecule has 0 amide bonds. The minimum Gasteiger partial charge on any atom is -0.439 e. The van der Waals surface area contributed by atoms with Crippen molar-refractivity contribution >= 4 is 32.7 Å². The molecule has 1 atom stereocenters. The molecule has 5 heteroatoms. The second-order valence-corrected chi connectivity index (χ2v) is 7.73. The molecule has 0 spiro atoms. The third kappa shape index (κ3) is 2.94. The van der Waals surface area contributed by atoms with Gasteiger partial charge in [0.25, 0.3) is 0 Å². The van der Waals surface area contributed by atoms with E-state index in [-0.39, 0.29) is 0 Å². The third-order valence-corrected chi connectivity index (χ3v) is 6.06. The highest BCUT2D eigenvalue weighted by molar-refractivity contribution is 7.18. The number of hydrogen-bond donors (Lipinski definition) is 0. The van der Waals surface area contributed by atoms with Gasteiger partial charge >= 0.3 is 0 Å². The van der Waals surface area contributed by atoms with Crippen LogP contribution in [0, 0.1) is 0 Å². The van der Waals surface area contributed by atoms with E-state index >= 15 is 0 Å². The number of benzene rings is 2. The van der Waals surface area contributed by atoms with Crippen LogP contribution in [0.3, 0.4) is 0 Å². The highest BCUT2D eigenvalue weighted by Crippen LogP contribution is 2.33. The maximum atomic E-state index is 5.89. The first-order valence-electron chi connectivity index (χ1n) is 8.77. The molecule has 0 aliphatic carbocycles. The van der Waals surface area contributed by atoms with Crippen LogP contribution >= 0.6 is 11.3 Å². The molecule has 126 valence electrons. The molecule has 0 saturated carbocycles. The van der Waals surface area contributed by atoms with Gasteiger partial charge in [-0.2, -0.15) is 0 Å². The van der Waals surface area contributed by atoms with Crippen LogP contribution in [-0.4, -0.2) is 28.0 Å². The Hall–Kier alpha value is -2.24. The van der Waals surface area contributed by atoms with Gasteiger partial charge in [0.15, 0.2) is 5.58 Å². The van der Waals surface area contributed by atoms with Gasteiger partial charge in [0.1, 0.15) is 5.52 Å². The fourth-order valence-electron chi connectivity index (χ4n) is 3.64. The van der Waals surface area contributed by atoms with Crippen molar-refractivity contribution in [2.24, 2.45) is 0 Å². The summed E-state index contributed by atoms with van der Waals surface area (Å²) in [6, 6.07) is 16.4. The van der Waals surface area contributed by atoms with Crippen LogP contribution in [0.15, 0.2) is 52.9 Å². The fourth-order valence-corrected chi connectivity index (χ4v) is 4.74. The minimum absolute atomic E-state index is 0.510. The number of hydrogen-bond acceptors (Lipinski definition) is 5. The molecule has 1 aliphatic heterocycles. The number of nitrogens with zero attached hydrogens (tertiary/aromatic N) is 3. The van der Waals surface area contributed by atoms with Crippen LogP contribution in [0.2, 0.25) is 0 Å². The summed E-state index contributed by atoms with van der Waals surface area (Å²) in [5, 5.41) is 1.27. The molecule has 0 bridgehead atoms. The summed E-state index contributed by atoms with van der Waals surface area (Å²) in [6.07, 6.45) is 2.41. The molecule has 2 aromatic heterocycles. The summed E-state index contributed by atoms with van der Waals surface area (Å²) in [6.45, 7) is 2.90. The van der Waals surface area contributed by atoms with Crippen LogP contribution in [0.25, 0.3) is 21.3 Å². The third-order valence-electron chi connectivity index (χ3n) is 4.86. The first-order chi connectivity index (χ1) is 12.3. The van der Waals surface area contributed by atoms with Crippen LogP contribution in [0.1, 0.15) is 29.7 Å². The monoisotopic (exact) mass is 349 g/mol. The van der Waals surface area contributed by atoms with Gasteiger partial charge in [-0.1, -0.05) is 24.3 Å². The average molecular weight is 349 g/mol. The number of rotatable bonds is 3. The van der Waals surface area contributed by atoms with Crippen molar-refractivity contribution in [2.75, 3.05) is 13.1 Å². The Morgan fingerprint density at radius 2 is 1.88 bits per heavy atom. The zero-order chi connectivity index (χ0) is 16.6. The van der Waals surface area contributed by atoms with E-state index < -0.39 is 0 Å². The van der Waals surface area contributed by atoms with E-state index in [1.807, 2.05) is 35.6 Å². The van der Waals surface area contributed by atoms with Crippen LogP contribution < -0.4 is 0 Å². The SMILES string of the molecule is c1ccc2oc(CN3CCC[C@@H](c4nc5ccccc5s4)C3)nc2c1. The van der Waals surface area contributed by atoms with Gasteiger partial charge in [-0.25, -0.2) is 9.97 Å². The minimum atomic E-state index is 0.510. The summed E-state index contributed by atoms with van der Waals surface area (Å²) >= 11 is 1.84. The van der Waals surface area contributed by atoms with Crippen molar-refractivity contribution < 1.29 is 4.42 Å². The number of piperidine rings is 1. The van der Waals surface area contributed by atoms with E-state index in [1.165, 1.54) is 22.5 Å². The molecule has 1 fully saturated rings. The highest BCUT2D eigenvalue weighted by atomic mass is 32.1. The molecule has 0 N–H and O–H groups in total. The predicted octanol–water partition coefficient (Wildman–Crippen LogP) is 4.82. The topological polar surface area (TPSA) is 42.2 Å². The number of para-hydroxylation sites is 3. The van der Waals surface area contributed by atoms with Crippen molar-refractivity contribution in [2.45, 2.75) is 25.3 Å². The van der Waals surface area contributed by atoms with E-state index in [2.05, 4.69) is 34.1 Å². The van der Waals surface area contributed by atoms with Crippen molar-refractivity contribution in [1.29, 1.82) is 0 Å². The predicted molar refractivity (Wildman–Crippen MR) is 101 cm³/mol. The molecule has 0 unspecified atom stereocenters. The quantitative estimate of drug-likeness (QED) is 0.532. The molecule has 3 heterocycles. The van der Waals surface area contributed by atoms with Crippen LogP contribution in [-0.2, 0) is 6.54 Å². The standard InChI is InChI=1S/C20H19N3OS/c1-3-9-17-15(7-1)21-19(24-17)13-23-11-5-6-14(12-23)20-22-16-8-2-4-10-18(16)25-20/h1-4,7-10,14H,5-6,11-13H2/t14-/m1/s1. The van der Waals surface area contributed by atoms with Gasteiger partial charge in [-0.15, -0.1) is 11.3 Å². The smallest absolute Gasteiger partial charge is 0.209 e. The van der Waals surface area contributed by atoms with Crippen molar-refractivity contribution in [3.63, 3.8) is 0 Å². The van der Waals surface area contributed by atoms with Gasteiger partial charge in [0.05, 0.1) is 21.8 Å². The second kappa shape index (κ2) is 6.24. The Bertz CT molecular complexity index is 956. The molecule has 1 saturated heterocycles. The Balaban J connectivity index is 1.35. The van der Waals surface area contributed by atoms with Crippen molar-refractivity contribution in [1.82, 2.24) is 14.9 Å². The summed E-state index contributed by atoms with van der Waals surface area (Å²) < 4.78 is 7.18. The average Bonchev–Trinajstić information content (AvgIpc) is 3.25. The Morgan fingerprint density at radius 1 is 1.04 bits per heavy atom. The molecule has 0 radical (unpaired) electrons. The highest BCUT2D eigenvalue weighted by Gasteiger charge is 2.25. The maximum Gasteiger partial charge on any atom is 0.209 e. The summed E-state index contributed by atoms with van der Waals surface area (Å²) in [4.78, 5) is 11.9. The largest absolute Gasteiger partial charge is 0.439 e.